The fourth-order valence-corrected chi connectivity index (χ4v) is 3.97. The summed E-state index contributed by atoms with van der Waals surface area (Å²) in [6.45, 7) is 2.03. The molecule has 1 nitrogen and oxygen atoms in total. The summed E-state index contributed by atoms with van der Waals surface area (Å²) in [6.07, 6.45) is 0. The largest absolute Gasteiger partial charge is 0.289 e. The molecule has 25 heavy (non-hydrogen) atoms. The fraction of sp³-hybridized carbons (Fsp3) is 0.0417. The van der Waals surface area contributed by atoms with Gasteiger partial charge in [0, 0.05) is 10.8 Å². The van der Waals surface area contributed by atoms with Crippen LogP contribution >= 0.6 is 0 Å². The molecule has 1 aromatic carbocycles. The van der Waals surface area contributed by atoms with Crippen LogP contribution in [0.25, 0.3) is 43.8 Å². The molecule has 0 saturated heterocycles. The van der Waals surface area contributed by atoms with Gasteiger partial charge in [-0.25, -0.2) is 0 Å². The molecule has 0 unspecified atom stereocenters. The van der Waals surface area contributed by atoms with Crippen LogP contribution in [0.5, 0.6) is 0 Å². The molecule has 0 aromatic heterocycles. The molecule has 0 fully saturated rings. The smallest absolute Gasteiger partial charge is 0.186 e. The molecular weight excluding hydrogens is 304 g/mol. The minimum Gasteiger partial charge on any atom is -0.289 e. The monoisotopic (exact) mass is 320 g/mol. The van der Waals surface area contributed by atoms with Crippen molar-refractivity contribution in [3.8, 4) is 22.3 Å². The molecule has 4 aliphatic carbocycles. The van der Waals surface area contributed by atoms with E-state index in [1.807, 2.05) is 37.3 Å². The molecule has 0 saturated carbocycles. The molecule has 1 aromatic rings. The van der Waals surface area contributed by atoms with E-state index < -0.39 is 0 Å². The standard InChI is InChI=1S/C24H16O/c1-15-12-22(25)21-14-17-9-5-3-7-11-19(17)24(21)23-18-10-6-2-4-8-16(18)13-20(15)23/h2-14H,1H3. The third kappa shape index (κ3) is 1.99. The molecule has 0 aliphatic heterocycles. The highest BCUT2D eigenvalue weighted by molar-refractivity contribution is 6.22. The van der Waals surface area contributed by atoms with E-state index in [-0.39, 0.29) is 5.43 Å². The van der Waals surface area contributed by atoms with Gasteiger partial charge in [0.05, 0.1) is 0 Å². The fourth-order valence-electron chi connectivity index (χ4n) is 3.97. The van der Waals surface area contributed by atoms with Crippen LogP contribution in [-0.2, 0) is 0 Å². The summed E-state index contributed by atoms with van der Waals surface area (Å²) in [5.41, 5.74) is 5.77. The maximum absolute atomic E-state index is 12.9. The molecule has 0 N–H and O–H groups in total. The highest BCUT2D eigenvalue weighted by Gasteiger charge is 2.18. The lowest BCUT2D eigenvalue weighted by molar-refractivity contribution is 1.54. The van der Waals surface area contributed by atoms with E-state index in [1.165, 1.54) is 16.5 Å². The van der Waals surface area contributed by atoms with Crippen molar-refractivity contribution in [2.24, 2.45) is 0 Å². The number of aryl methyl sites for hydroxylation is 1. The van der Waals surface area contributed by atoms with Gasteiger partial charge in [-0.2, -0.15) is 0 Å². The number of rotatable bonds is 0. The van der Waals surface area contributed by atoms with Gasteiger partial charge in [0.2, 0.25) is 0 Å². The van der Waals surface area contributed by atoms with Crippen molar-refractivity contribution >= 4 is 21.5 Å². The minimum atomic E-state index is 0.0935. The zero-order chi connectivity index (χ0) is 17.0. The van der Waals surface area contributed by atoms with Crippen LogP contribution in [0.1, 0.15) is 5.56 Å². The molecule has 0 bridgehead atoms. The Morgan fingerprint density at radius 3 is 1.76 bits per heavy atom. The second-order valence-electron chi connectivity index (χ2n) is 6.62. The first-order valence-corrected chi connectivity index (χ1v) is 8.51. The summed E-state index contributed by atoms with van der Waals surface area (Å²) in [5.74, 6) is 0. The molecule has 0 spiro atoms. The van der Waals surface area contributed by atoms with E-state index in [4.69, 9.17) is 0 Å². The van der Waals surface area contributed by atoms with E-state index in [9.17, 15) is 4.79 Å². The highest BCUT2D eigenvalue weighted by Crippen LogP contribution is 2.43. The Labute approximate surface area is 145 Å². The van der Waals surface area contributed by atoms with Crippen LogP contribution in [0.4, 0.5) is 0 Å². The van der Waals surface area contributed by atoms with Gasteiger partial charge in [-0.1, -0.05) is 60.7 Å². The third-order valence-electron chi connectivity index (χ3n) is 5.11. The van der Waals surface area contributed by atoms with Gasteiger partial charge in [-0.15, -0.1) is 0 Å². The molecule has 0 heterocycles. The molecule has 4 aliphatic rings. The maximum Gasteiger partial charge on any atom is 0.186 e. The molecule has 0 atom stereocenters. The Hall–Kier alpha value is -3.19. The topological polar surface area (TPSA) is 17.1 Å². The van der Waals surface area contributed by atoms with Crippen molar-refractivity contribution in [2.45, 2.75) is 6.92 Å². The first-order valence-electron chi connectivity index (χ1n) is 8.51. The van der Waals surface area contributed by atoms with Crippen molar-refractivity contribution in [2.75, 3.05) is 0 Å². The molecule has 5 rings (SSSR count). The average molecular weight is 320 g/mol. The van der Waals surface area contributed by atoms with E-state index >= 15 is 0 Å². The van der Waals surface area contributed by atoms with Crippen molar-refractivity contribution in [3.05, 3.63) is 94.6 Å². The molecule has 0 radical (unpaired) electrons. The molecule has 1 heteroatoms. The van der Waals surface area contributed by atoms with E-state index in [0.29, 0.717) is 0 Å². The van der Waals surface area contributed by atoms with Crippen molar-refractivity contribution in [1.29, 1.82) is 0 Å². The summed E-state index contributed by atoms with van der Waals surface area (Å²) in [6, 6.07) is 26.8. The van der Waals surface area contributed by atoms with Crippen molar-refractivity contribution in [1.82, 2.24) is 0 Å². The van der Waals surface area contributed by atoms with Gasteiger partial charge < -0.3 is 0 Å². The van der Waals surface area contributed by atoms with Gasteiger partial charge >= 0.3 is 0 Å². The maximum atomic E-state index is 12.9. The van der Waals surface area contributed by atoms with Crippen LogP contribution in [0.3, 0.4) is 0 Å². The summed E-state index contributed by atoms with van der Waals surface area (Å²) in [5, 5.41) is 4.22. The molecular formula is C24H16O. The lowest BCUT2D eigenvalue weighted by Crippen LogP contribution is -1.93. The normalized spacial score (nSPS) is 11.6. The SMILES string of the molecule is Cc1cc(=O)c2cc3cccccc-3c2c2c3cccccc-3cc12. The zero-order valence-electron chi connectivity index (χ0n) is 13.9. The Morgan fingerprint density at radius 2 is 1.12 bits per heavy atom. The van der Waals surface area contributed by atoms with Gasteiger partial charge in [0.15, 0.2) is 5.43 Å². The van der Waals surface area contributed by atoms with Gasteiger partial charge in [-0.05, 0) is 63.7 Å². The van der Waals surface area contributed by atoms with Crippen LogP contribution < -0.4 is 5.43 Å². The highest BCUT2D eigenvalue weighted by atomic mass is 16.1. The van der Waals surface area contributed by atoms with E-state index in [0.717, 1.165) is 32.8 Å². The Bertz CT molecular complexity index is 1270. The van der Waals surface area contributed by atoms with Crippen molar-refractivity contribution < 1.29 is 0 Å². The van der Waals surface area contributed by atoms with Gasteiger partial charge in [0.25, 0.3) is 0 Å². The van der Waals surface area contributed by atoms with Crippen LogP contribution in [0.15, 0.2) is 83.7 Å². The first kappa shape index (κ1) is 14.2. The lowest BCUT2D eigenvalue weighted by Gasteiger charge is -1.98. The predicted octanol–water partition coefficient (Wildman–Crippen LogP) is 5.87. The van der Waals surface area contributed by atoms with Crippen LogP contribution in [-0.4, -0.2) is 0 Å². The average Bonchev–Trinajstić information content (AvgIpc) is 2.87. The lowest BCUT2D eigenvalue weighted by atomic mass is 10.0. The number of hydrogen-bond donors (Lipinski definition) is 0. The summed E-state index contributed by atoms with van der Waals surface area (Å²) >= 11 is 0. The van der Waals surface area contributed by atoms with Gasteiger partial charge in [-0.3, -0.25) is 4.79 Å². The zero-order valence-corrected chi connectivity index (χ0v) is 13.9. The Kier molecular flexibility index (Phi) is 2.92. The third-order valence-corrected chi connectivity index (χ3v) is 5.11. The van der Waals surface area contributed by atoms with E-state index in [2.05, 4.69) is 42.5 Å². The Balaban J connectivity index is 2.18. The van der Waals surface area contributed by atoms with Gasteiger partial charge in [0.1, 0.15) is 0 Å². The first-order chi connectivity index (χ1) is 12.2. The Morgan fingerprint density at radius 1 is 0.600 bits per heavy atom. The predicted molar refractivity (Wildman–Crippen MR) is 106 cm³/mol. The quantitative estimate of drug-likeness (QED) is 0.349. The summed E-state index contributed by atoms with van der Waals surface area (Å²) in [7, 11) is 0. The van der Waals surface area contributed by atoms with E-state index in [1.54, 1.807) is 6.07 Å². The molecule has 0 amide bonds. The second-order valence-corrected chi connectivity index (χ2v) is 6.62. The number of hydrogen-bond acceptors (Lipinski definition) is 1. The van der Waals surface area contributed by atoms with Crippen molar-refractivity contribution in [3.63, 3.8) is 0 Å². The second kappa shape index (κ2) is 5.15. The summed E-state index contributed by atoms with van der Waals surface area (Å²) in [4.78, 5) is 12.9. The summed E-state index contributed by atoms with van der Waals surface area (Å²) < 4.78 is 0. The number of fused-ring (bicyclic) bond motifs is 7. The van der Waals surface area contributed by atoms with Crippen LogP contribution in [0, 0.1) is 6.92 Å². The molecule has 118 valence electrons. The minimum absolute atomic E-state index is 0.0935. The van der Waals surface area contributed by atoms with Crippen LogP contribution in [0.2, 0.25) is 0 Å².